The molecule has 168 valence electrons. The lowest BCUT2D eigenvalue weighted by atomic mass is 9.95. The van der Waals surface area contributed by atoms with E-state index in [1.807, 2.05) is 24.4 Å². The van der Waals surface area contributed by atoms with Crippen LogP contribution in [0.25, 0.3) is 10.8 Å². The SMILES string of the molecule is Cc1cccc2cccc(N3CCc4c(nc(OCCc5ccccn5)nc4C(C)C)C3)c12. The minimum Gasteiger partial charge on any atom is -0.463 e. The van der Waals surface area contributed by atoms with Crippen LogP contribution in [0, 0.1) is 6.92 Å². The van der Waals surface area contributed by atoms with E-state index < -0.39 is 0 Å². The van der Waals surface area contributed by atoms with Gasteiger partial charge in [-0.05, 0) is 54.0 Å². The summed E-state index contributed by atoms with van der Waals surface area (Å²) >= 11 is 0. The Kier molecular flexibility index (Phi) is 5.95. The van der Waals surface area contributed by atoms with Crippen molar-refractivity contribution in [3.63, 3.8) is 0 Å². The van der Waals surface area contributed by atoms with Crippen LogP contribution in [0.15, 0.2) is 60.8 Å². The largest absolute Gasteiger partial charge is 0.463 e. The van der Waals surface area contributed by atoms with E-state index in [2.05, 4.69) is 67.1 Å². The maximum atomic E-state index is 6.02. The summed E-state index contributed by atoms with van der Waals surface area (Å²) in [4.78, 5) is 16.5. The Labute approximate surface area is 195 Å². The van der Waals surface area contributed by atoms with Crippen LogP contribution in [0.3, 0.4) is 0 Å². The normalized spacial score (nSPS) is 13.4. The minimum absolute atomic E-state index is 0.325. The third-order valence-corrected chi connectivity index (χ3v) is 6.37. The molecule has 1 aliphatic rings. The highest BCUT2D eigenvalue weighted by molar-refractivity contribution is 5.96. The molecule has 4 aromatic rings. The molecule has 0 saturated heterocycles. The van der Waals surface area contributed by atoms with Gasteiger partial charge >= 0.3 is 6.01 Å². The van der Waals surface area contributed by atoms with E-state index in [0.717, 1.165) is 43.0 Å². The second-order valence-corrected chi connectivity index (χ2v) is 9.01. The first-order valence-electron chi connectivity index (χ1n) is 11.8. The number of nitrogens with zero attached hydrogens (tertiary/aromatic N) is 4. The summed E-state index contributed by atoms with van der Waals surface area (Å²) in [7, 11) is 0. The summed E-state index contributed by atoms with van der Waals surface area (Å²) in [6.45, 7) is 8.82. The Balaban J connectivity index is 1.43. The van der Waals surface area contributed by atoms with Crippen molar-refractivity contribution in [1.82, 2.24) is 15.0 Å². The first-order valence-corrected chi connectivity index (χ1v) is 11.8. The molecule has 2 aromatic carbocycles. The Hall–Kier alpha value is -3.47. The lowest BCUT2D eigenvalue weighted by Crippen LogP contribution is -2.32. The monoisotopic (exact) mass is 438 g/mol. The Morgan fingerprint density at radius 1 is 1.00 bits per heavy atom. The number of ether oxygens (including phenoxy) is 1. The van der Waals surface area contributed by atoms with Crippen LogP contribution in [0.4, 0.5) is 5.69 Å². The van der Waals surface area contributed by atoms with Crippen LogP contribution in [0.5, 0.6) is 6.01 Å². The summed E-state index contributed by atoms with van der Waals surface area (Å²) in [5.74, 6) is 0.325. The van der Waals surface area contributed by atoms with Crippen LogP contribution >= 0.6 is 0 Å². The number of hydrogen-bond acceptors (Lipinski definition) is 5. The fraction of sp³-hybridized carbons (Fsp3) is 0.321. The van der Waals surface area contributed by atoms with Crippen molar-refractivity contribution in [2.24, 2.45) is 0 Å². The summed E-state index contributed by atoms with van der Waals surface area (Å²) in [6.07, 6.45) is 3.49. The molecule has 0 radical (unpaired) electrons. The summed E-state index contributed by atoms with van der Waals surface area (Å²) in [5.41, 5.74) is 7.07. The molecule has 0 saturated carbocycles. The Morgan fingerprint density at radius 2 is 1.85 bits per heavy atom. The highest BCUT2D eigenvalue weighted by Crippen LogP contribution is 2.34. The predicted molar refractivity (Wildman–Crippen MR) is 133 cm³/mol. The maximum Gasteiger partial charge on any atom is 0.316 e. The van der Waals surface area contributed by atoms with Gasteiger partial charge in [0, 0.05) is 35.9 Å². The molecule has 0 fully saturated rings. The van der Waals surface area contributed by atoms with Crippen LogP contribution in [0.1, 0.15) is 48.0 Å². The van der Waals surface area contributed by atoms with E-state index in [-0.39, 0.29) is 0 Å². The highest BCUT2D eigenvalue weighted by atomic mass is 16.5. The van der Waals surface area contributed by atoms with E-state index in [1.54, 1.807) is 0 Å². The number of anilines is 1. The molecule has 5 heteroatoms. The molecule has 0 atom stereocenters. The Bertz CT molecular complexity index is 1260. The zero-order chi connectivity index (χ0) is 22.8. The van der Waals surface area contributed by atoms with Gasteiger partial charge < -0.3 is 9.64 Å². The van der Waals surface area contributed by atoms with Crippen molar-refractivity contribution >= 4 is 16.5 Å². The molecular formula is C28H30N4O. The van der Waals surface area contributed by atoms with E-state index in [9.17, 15) is 0 Å². The van der Waals surface area contributed by atoms with Crippen molar-refractivity contribution in [2.75, 3.05) is 18.1 Å². The van der Waals surface area contributed by atoms with Gasteiger partial charge in [-0.15, -0.1) is 0 Å². The molecule has 1 aliphatic heterocycles. The van der Waals surface area contributed by atoms with E-state index in [0.29, 0.717) is 18.5 Å². The maximum absolute atomic E-state index is 6.02. The number of benzene rings is 2. The molecule has 0 N–H and O–H groups in total. The molecule has 5 rings (SSSR count). The highest BCUT2D eigenvalue weighted by Gasteiger charge is 2.25. The lowest BCUT2D eigenvalue weighted by Gasteiger charge is -2.32. The van der Waals surface area contributed by atoms with Gasteiger partial charge in [0.15, 0.2) is 0 Å². The van der Waals surface area contributed by atoms with E-state index in [1.165, 1.54) is 27.6 Å². The quantitative estimate of drug-likeness (QED) is 0.390. The average Bonchev–Trinajstić information content (AvgIpc) is 2.83. The van der Waals surface area contributed by atoms with Crippen molar-refractivity contribution in [2.45, 2.75) is 46.1 Å². The van der Waals surface area contributed by atoms with Gasteiger partial charge in [0.05, 0.1) is 24.5 Å². The topological polar surface area (TPSA) is 51.1 Å². The molecule has 3 heterocycles. The lowest BCUT2D eigenvalue weighted by molar-refractivity contribution is 0.291. The fourth-order valence-corrected chi connectivity index (χ4v) is 4.75. The van der Waals surface area contributed by atoms with Crippen LogP contribution < -0.4 is 9.64 Å². The number of pyridine rings is 1. The molecule has 2 aromatic heterocycles. The fourth-order valence-electron chi connectivity index (χ4n) is 4.75. The number of aryl methyl sites for hydroxylation is 1. The molecule has 0 aliphatic carbocycles. The van der Waals surface area contributed by atoms with Crippen molar-refractivity contribution in [3.05, 3.63) is 89.0 Å². The zero-order valence-electron chi connectivity index (χ0n) is 19.6. The van der Waals surface area contributed by atoms with Crippen molar-refractivity contribution in [3.8, 4) is 6.01 Å². The average molecular weight is 439 g/mol. The molecule has 0 amide bonds. The smallest absolute Gasteiger partial charge is 0.316 e. The van der Waals surface area contributed by atoms with Gasteiger partial charge in [0.25, 0.3) is 0 Å². The number of rotatable bonds is 6. The van der Waals surface area contributed by atoms with Gasteiger partial charge in [-0.25, -0.2) is 0 Å². The second-order valence-electron chi connectivity index (χ2n) is 9.01. The van der Waals surface area contributed by atoms with Gasteiger partial charge in [-0.2, -0.15) is 9.97 Å². The summed E-state index contributed by atoms with van der Waals surface area (Å²) in [6, 6.07) is 19.5. The second kappa shape index (κ2) is 9.18. The van der Waals surface area contributed by atoms with Gasteiger partial charge in [-0.1, -0.05) is 50.2 Å². The van der Waals surface area contributed by atoms with Gasteiger partial charge in [-0.3, -0.25) is 4.98 Å². The van der Waals surface area contributed by atoms with Gasteiger partial charge in [0.2, 0.25) is 0 Å². The molecule has 33 heavy (non-hydrogen) atoms. The van der Waals surface area contributed by atoms with Gasteiger partial charge in [0.1, 0.15) is 0 Å². The summed E-state index contributed by atoms with van der Waals surface area (Å²) < 4.78 is 6.02. The Morgan fingerprint density at radius 3 is 2.64 bits per heavy atom. The zero-order valence-corrected chi connectivity index (χ0v) is 19.6. The standard InChI is InChI=1S/C28H30N4O/c1-19(2)27-23-13-16-32(25-12-7-10-21-9-6-8-20(3)26(21)25)18-24(23)30-28(31-27)33-17-14-22-11-4-5-15-29-22/h4-12,15,19H,13-14,16-18H2,1-3H3. The van der Waals surface area contributed by atoms with Crippen molar-refractivity contribution < 1.29 is 4.74 Å². The molecule has 0 spiro atoms. The molecule has 0 bridgehead atoms. The number of aromatic nitrogens is 3. The molecule has 5 nitrogen and oxygen atoms in total. The van der Waals surface area contributed by atoms with E-state index >= 15 is 0 Å². The minimum atomic E-state index is 0.325. The third-order valence-electron chi connectivity index (χ3n) is 6.37. The number of fused-ring (bicyclic) bond motifs is 2. The molecular weight excluding hydrogens is 408 g/mol. The van der Waals surface area contributed by atoms with Crippen LogP contribution in [0.2, 0.25) is 0 Å². The van der Waals surface area contributed by atoms with Crippen molar-refractivity contribution in [1.29, 1.82) is 0 Å². The third kappa shape index (κ3) is 4.40. The first-order chi connectivity index (χ1) is 16.1. The first kappa shape index (κ1) is 21.4. The van der Waals surface area contributed by atoms with Crippen LogP contribution in [-0.4, -0.2) is 28.1 Å². The predicted octanol–water partition coefficient (Wildman–Crippen LogP) is 5.64. The molecule has 0 unspecified atom stereocenters. The number of hydrogen-bond donors (Lipinski definition) is 0. The van der Waals surface area contributed by atoms with E-state index in [4.69, 9.17) is 14.7 Å². The summed E-state index contributed by atoms with van der Waals surface area (Å²) in [5, 5.41) is 2.61. The van der Waals surface area contributed by atoms with Crippen LogP contribution in [-0.2, 0) is 19.4 Å².